The lowest BCUT2D eigenvalue weighted by atomic mass is 10.1. The molecule has 1 aromatic rings. The van der Waals surface area contributed by atoms with Crippen molar-refractivity contribution in [3.05, 3.63) is 38.4 Å². The van der Waals surface area contributed by atoms with E-state index in [9.17, 15) is 30.1 Å². The highest BCUT2D eigenvalue weighted by atomic mass is 16.6. The number of non-ortho nitro benzene ring substituents is 1. The lowest BCUT2D eigenvalue weighted by Gasteiger charge is -2.15. The fourth-order valence-electron chi connectivity index (χ4n) is 2.13. The zero-order valence-corrected chi connectivity index (χ0v) is 12.7. The van der Waals surface area contributed by atoms with Crippen LogP contribution < -0.4 is 5.32 Å². The average Bonchev–Trinajstić information content (AvgIpc) is 2.49. The molecule has 2 N–H and O–H groups in total. The van der Waals surface area contributed by atoms with Crippen molar-refractivity contribution >= 4 is 23.0 Å². The molecule has 0 aliphatic rings. The van der Waals surface area contributed by atoms with Gasteiger partial charge in [0.05, 0.1) is 15.9 Å². The van der Waals surface area contributed by atoms with E-state index in [1.807, 2.05) is 6.92 Å². The second-order valence-electron chi connectivity index (χ2n) is 5.10. The molecule has 0 unspecified atom stereocenters. The van der Waals surface area contributed by atoms with E-state index in [-0.39, 0.29) is 5.69 Å². The first kappa shape index (κ1) is 18.3. The fourth-order valence-corrected chi connectivity index (χ4v) is 2.13. The topological polar surface area (TPSA) is 136 Å². The number of hydrogen-bond acceptors (Lipinski definition) is 6. The summed E-state index contributed by atoms with van der Waals surface area (Å²) in [5, 5.41) is 33.6. The van der Waals surface area contributed by atoms with Gasteiger partial charge in [0.15, 0.2) is 0 Å². The molecule has 0 spiro atoms. The lowest BCUT2D eigenvalue weighted by molar-refractivity contribution is -0.393. The van der Waals surface area contributed by atoms with Gasteiger partial charge in [0.1, 0.15) is 11.7 Å². The van der Waals surface area contributed by atoms with Crippen LogP contribution in [0.3, 0.4) is 0 Å². The van der Waals surface area contributed by atoms with Gasteiger partial charge in [-0.1, -0.05) is 32.6 Å². The van der Waals surface area contributed by atoms with Crippen LogP contribution in [-0.2, 0) is 4.79 Å². The van der Waals surface area contributed by atoms with Gasteiger partial charge in [0, 0.05) is 6.07 Å². The molecular weight excluding hydrogens is 306 g/mol. The van der Waals surface area contributed by atoms with Crippen LogP contribution in [0.4, 0.5) is 17.1 Å². The molecule has 23 heavy (non-hydrogen) atoms. The van der Waals surface area contributed by atoms with Gasteiger partial charge in [0.2, 0.25) is 0 Å². The van der Waals surface area contributed by atoms with E-state index in [2.05, 4.69) is 5.32 Å². The number of carbonyl (C=O) groups is 1. The lowest BCUT2D eigenvalue weighted by Crippen LogP contribution is -2.29. The maximum atomic E-state index is 11.3. The highest BCUT2D eigenvalue weighted by Gasteiger charge is 2.24. The van der Waals surface area contributed by atoms with Crippen molar-refractivity contribution in [2.45, 2.75) is 45.1 Å². The molecule has 0 bridgehead atoms. The van der Waals surface area contributed by atoms with Crippen LogP contribution >= 0.6 is 0 Å². The molecule has 0 heterocycles. The van der Waals surface area contributed by atoms with E-state index < -0.39 is 33.2 Å². The van der Waals surface area contributed by atoms with Gasteiger partial charge in [-0.2, -0.15) is 0 Å². The molecule has 0 radical (unpaired) electrons. The smallest absolute Gasteiger partial charge is 0.326 e. The summed E-state index contributed by atoms with van der Waals surface area (Å²) >= 11 is 0. The Hall–Kier alpha value is -2.71. The Balaban J connectivity index is 2.92. The third kappa shape index (κ3) is 5.53. The summed E-state index contributed by atoms with van der Waals surface area (Å²) in [5.41, 5.74) is -0.973. The Morgan fingerprint density at radius 3 is 2.43 bits per heavy atom. The number of nitro benzene ring substituents is 2. The van der Waals surface area contributed by atoms with E-state index in [1.54, 1.807) is 0 Å². The quantitative estimate of drug-likeness (QED) is 0.382. The highest BCUT2D eigenvalue weighted by molar-refractivity contribution is 5.79. The maximum absolute atomic E-state index is 11.3. The summed E-state index contributed by atoms with van der Waals surface area (Å²) < 4.78 is 0. The molecule has 9 nitrogen and oxygen atoms in total. The van der Waals surface area contributed by atoms with E-state index in [4.69, 9.17) is 0 Å². The number of aliphatic carboxylic acids is 1. The monoisotopic (exact) mass is 325 g/mol. The van der Waals surface area contributed by atoms with Crippen molar-refractivity contribution in [1.82, 2.24) is 0 Å². The number of carboxylic acid groups (broad SMARTS) is 1. The molecule has 0 saturated heterocycles. The number of anilines is 1. The van der Waals surface area contributed by atoms with Crippen LogP contribution in [-0.4, -0.2) is 27.0 Å². The van der Waals surface area contributed by atoms with Crippen molar-refractivity contribution in [1.29, 1.82) is 0 Å². The summed E-state index contributed by atoms with van der Waals surface area (Å²) in [6.07, 6.45) is 3.88. The molecule has 0 saturated carbocycles. The molecule has 0 aliphatic heterocycles. The second-order valence-corrected chi connectivity index (χ2v) is 5.10. The zero-order valence-electron chi connectivity index (χ0n) is 12.7. The summed E-state index contributed by atoms with van der Waals surface area (Å²) in [7, 11) is 0. The first-order chi connectivity index (χ1) is 10.9. The van der Waals surface area contributed by atoms with Crippen LogP contribution in [0.25, 0.3) is 0 Å². The van der Waals surface area contributed by atoms with Gasteiger partial charge in [0.25, 0.3) is 11.4 Å². The molecule has 1 aromatic carbocycles. The van der Waals surface area contributed by atoms with Crippen molar-refractivity contribution in [3.8, 4) is 0 Å². The Morgan fingerprint density at radius 1 is 1.22 bits per heavy atom. The molecule has 126 valence electrons. The molecule has 1 rings (SSSR count). The Bertz CT molecular complexity index is 590. The first-order valence-electron chi connectivity index (χ1n) is 7.29. The Morgan fingerprint density at radius 2 is 1.91 bits per heavy atom. The van der Waals surface area contributed by atoms with Crippen molar-refractivity contribution in [2.75, 3.05) is 5.32 Å². The number of carboxylic acids is 1. The normalized spacial score (nSPS) is 11.7. The Labute approximate surface area is 132 Å². The van der Waals surface area contributed by atoms with E-state index in [0.717, 1.165) is 37.5 Å². The number of hydrogen-bond donors (Lipinski definition) is 2. The van der Waals surface area contributed by atoms with E-state index in [0.29, 0.717) is 12.8 Å². The predicted molar refractivity (Wildman–Crippen MR) is 83.6 cm³/mol. The van der Waals surface area contributed by atoms with Crippen molar-refractivity contribution in [2.24, 2.45) is 0 Å². The molecule has 0 fully saturated rings. The minimum absolute atomic E-state index is 0.0384. The van der Waals surface area contributed by atoms with Crippen molar-refractivity contribution < 1.29 is 19.7 Å². The predicted octanol–water partition coefficient (Wildman–Crippen LogP) is 3.34. The molecular formula is C14H19N3O6. The Kier molecular flexibility index (Phi) is 6.91. The van der Waals surface area contributed by atoms with Gasteiger partial charge in [-0.05, 0) is 12.5 Å². The highest BCUT2D eigenvalue weighted by Crippen LogP contribution is 2.30. The number of nitrogens with one attached hydrogen (secondary N) is 1. The van der Waals surface area contributed by atoms with E-state index >= 15 is 0 Å². The fraction of sp³-hybridized carbons (Fsp3) is 0.500. The van der Waals surface area contributed by atoms with Crippen LogP contribution in [0.2, 0.25) is 0 Å². The van der Waals surface area contributed by atoms with Crippen molar-refractivity contribution in [3.63, 3.8) is 0 Å². The van der Waals surface area contributed by atoms with Crippen LogP contribution in [0.15, 0.2) is 18.2 Å². The average molecular weight is 325 g/mol. The molecule has 0 amide bonds. The minimum atomic E-state index is -1.12. The summed E-state index contributed by atoms with van der Waals surface area (Å²) in [4.78, 5) is 31.5. The minimum Gasteiger partial charge on any atom is -0.480 e. The van der Waals surface area contributed by atoms with E-state index in [1.165, 1.54) is 0 Å². The number of unbranched alkanes of at least 4 members (excludes halogenated alkanes) is 3. The molecule has 0 aliphatic carbocycles. The number of nitrogens with zero attached hydrogens (tertiary/aromatic N) is 2. The standard InChI is InChI=1S/C14H19N3O6/c1-2-3-4-5-6-12(14(18)19)15-11-8-7-10(16(20)21)9-13(11)17(22)23/h7-9,12,15H,2-6H2,1H3,(H,18,19)/t12-/m0/s1. The molecule has 0 aromatic heterocycles. The summed E-state index contributed by atoms with van der Waals surface area (Å²) in [6, 6.07) is 2.11. The van der Waals surface area contributed by atoms with Gasteiger partial charge in [-0.15, -0.1) is 0 Å². The SMILES string of the molecule is CCCCCC[C@H](Nc1ccc([N+](=O)[O-])cc1[N+](=O)[O-])C(=O)O. The van der Waals surface area contributed by atoms with Gasteiger partial charge in [-0.3, -0.25) is 20.2 Å². The maximum Gasteiger partial charge on any atom is 0.326 e. The van der Waals surface area contributed by atoms with Crippen LogP contribution in [0.5, 0.6) is 0 Å². The third-order valence-electron chi connectivity index (χ3n) is 3.36. The number of nitro groups is 2. The third-order valence-corrected chi connectivity index (χ3v) is 3.36. The first-order valence-corrected chi connectivity index (χ1v) is 7.29. The van der Waals surface area contributed by atoms with Gasteiger partial charge in [-0.25, -0.2) is 4.79 Å². The molecule has 1 atom stereocenters. The summed E-state index contributed by atoms with van der Waals surface area (Å²) in [6.45, 7) is 2.03. The van der Waals surface area contributed by atoms with Gasteiger partial charge < -0.3 is 10.4 Å². The largest absolute Gasteiger partial charge is 0.480 e. The second kappa shape index (κ2) is 8.66. The summed E-state index contributed by atoms with van der Waals surface area (Å²) in [5.74, 6) is -1.12. The zero-order chi connectivity index (χ0) is 17.4. The van der Waals surface area contributed by atoms with Gasteiger partial charge >= 0.3 is 5.97 Å². The number of rotatable bonds is 10. The van der Waals surface area contributed by atoms with Crippen LogP contribution in [0.1, 0.15) is 39.0 Å². The molecule has 9 heteroatoms. The number of benzene rings is 1. The van der Waals surface area contributed by atoms with Crippen LogP contribution in [0, 0.1) is 20.2 Å².